The molecule has 3 N–H and O–H groups in total. The summed E-state index contributed by atoms with van der Waals surface area (Å²) in [6.07, 6.45) is 0.496. The highest BCUT2D eigenvalue weighted by Gasteiger charge is 2.30. The van der Waals surface area contributed by atoms with Crippen LogP contribution in [0.2, 0.25) is 0 Å². The van der Waals surface area contributed by atoms with Crippen molar-refractivity contribution in [3.63, 3.8) is 0 Å². The predicted octanol–water partition coefficient (Wildman–Crippen LogP) is 4.38. The minimum absolute atomic E-state index is 0.0369. The van der Waals surface area contributed by atoms with Gasteiger partial charge in [0.05, 0.1) is 11.0 Å². The van der Waals surface area contributed by atoms with Crippen LogP contribution in [0.5, 0.6) is 0 Å². The molecule has 3 aromatic carbocycles. The van der Waals surface area contributed by atoms with Gasteiger partial charge in [-0.2, -0.15) is 4.31 Å². The third-order valence-electron chi connectivity index (χ3n) is 5.70. The van der Waals surface area contributed by atoms with E-state index in [1.54, 1.807) is 12.1 Å². The second-order valence-electron chi connectivity index (χ2n) is 8.99. The van der Waals surface area contributed by atoms with E-state index in [0.29, 0.717) is 25.1 Å². The zero-order valence-electron chi connectivity index (χ0n) is 19.3. The van der Waals surface area contributed by atoms with Crippen LogP contribution in [0.25, 0.3) is 0 Å². The molecule has 1 atom stereocenters. The third kappa shape index (κ3) is 7.16. The van der Waals surface area contributed by atoms with Crippen molar-refractivity contribution >= 4 is 15.7 Å². The highest BCUT2D eigenvalue weighted by atomic mass is 32.2. The molecule has 0 aliphatic heterocycles. The first-order valence-electron chi connectivity index (χ1n) is 11.4. The summed E-state index contributed by atoms with van der Waals surface area (Å²) in [7, 11) is -3.77. The summed E-state index contributed by atoms with van der Waals surface area (Å²) in [6, 6.07) is 26.3. The van der Waals surface area contributed by atoms with Gasteiger partial charge in [0.15, 0.2) is 0 Å². The van der Waals surface area contributed by atoms with Gasteiger partial charge in [-0.15, -0.1) is 0 Å². The van der Waals surface area contributed by atoms with E-state index in [9.17, 15) is 13.5 Å². The maximum absolute atomic E-state index is 13.4. The lowest BCUT2D eigenvalue weighted by Gasteiger charge is -2.30. The maximum Gasteiger partial charge on any atom is 0.243 e. The van der Waals surface area contributed by atoms with E-state index in [2.05, 4.69) is 0 Å². The molecule has 6 heteroatoms. The highest BCUT2D eigenvalue weighted by Crippen LogP contribution is 2.23. The van der Waals surface area contributed by atoms with Crippen molar-refractivity contribution in [3.05, 3.63) is 96.1 Å². The smallest absolute Gasteiger partial charge is 0.243 e. The molecule has 3 rings (SSSR count). The zero-order valence-corrected chi connectivity index (χ0v) is 20.2. The lowest BCUT2D eigenvalue weighted by Crippen LogP contribution is -2.43. The van der Waals surface area contributed by atoms with Crippen LogP contribution in [0.4, 0.5) is 5.69 Å². The minimum atomic E-state index is -3.77. The van der Waals surface area contributed by atoms with E-state index in [-0.39, 0.29) is 23.3 Å². The number of nitrogens with two attached hydrogens (primary N) is 1. The van der Waals surface area contributed by atoms with Gasteiger partial charge in [0, 0.05) is 18.8 Å². The second-order valence-corrected chi connectivity index (χ2v) is 10.9. The van der Waals surface area contributed by atoms with Crippen molar-refractivity contribution in [2.24, 2.45) is 11.8 Å². The lowest BCUT2D eigenvalue weighted by molar-refractivity contribution is 0.0839. The number of nitrogens with zero attached hydrogens (tertiary/aromatic N) is 1. The van der Waals surface area contributed by atoms with Crippen LogP contribution in [0.1, 0.15) is 25.0 Å². The van der Waals surface area contributed by atoms with Crippen LogP contribution >= 0.6 is 0 Å². The zero-order chi connectivity index (χ0) is 23.8. The summed E-state index contributed by atoms with van der Waals surface area (Å²) in [5.41, 5.74) is 8.49. The quantitative estimate of drug-likeness (QED) is 0.411. The SMILES string of the molecule is CC(C)CN(C[C@H](O)C(Cc1ccccc1)Cc1ccccc1)S(=O)(=O)c1ccc(N)cc1. The Morgan fingerprint density at radius 1 is 0.788 bits per heavy atom. The predicted molar refractivity (Wildman–Crippen MR) is 134 cm³/mol. The van der Waals surface area contributed by atoms with Crippen molar-refractivity contribution in [1.82, 2.24) is 4.31 Å². The number of hydrogen-bond donors (Lipinski definition) is 2. The largest absolute Gasteiger partial charge is 0.399 e. The monoisotopic (exact) mass is 466 g/mol. The van der Waals surface area contributed by atoms with Crippen LogP contribution in [0.3, 0.4) is 0 Å². The van der Waals surface area contributed by atoms with Gasteiger partial charge in [-0.3, -0.25) is 0 Å². The van der Waals surface area contributed by atoms with Gasteiger partial charge in [-0.1, -0.05) is 74.5 Å². The summed E-state index contributed by atoms with van der Waals surface area (Å²) in [4.78, 5) is 0.187. The Balaban J connectivity index is 1.86. The van der Waals surface area contributed by atoms with Crippen LogP contribution in [0.15, 0.2) is 89.8 Å². The van der Waals surface area contributed by atoms with Crippen molar-refractivity contribution in [2.45, 2.75) is 37.7 Å². The van der Waals surface area contributed by atoms with Crippen molar-refractivity contribution < 1.29 is 13.5 Å². The standard InChI is InChI=1S/C27H34N2O3S/c1-21(2)19-29(33(31,32)26-15-13-25(28)14-16-26)20-27(30)24(17-22-9-5-3-6-10-22)18-23-11-7-4-8-12-23/h3-16,21,24,27,30H,17-20,28H2,1-2H3/t27-/m0/s1. The number of sulfonamides is 1. The molecule has 5 nitrogen and oxygen atoms in total. The van der Waals surface area contributed by atoms with Gasteiger partial charge in [0.2, 0.25) is 10.0 Å². The maximum atomic E-state index is 13.4. The molecule has 0 spiro atoms. The number of hydrogen-bond acceptors (Lipinski definition) is 4. The van der Waals surface area contributed by atoms with Gasteiger partial charge >= 0.3 is 0 Å². The lowest BCUT2D eigenvalue weighted by atomic mass is 9.88. The molecular formula is C27H34N2O3S. The number of aliphatic hydroxyl groups excluding tert-OH is 1. The van der Waals surface area contributed by atoms with Gasteiger partial charge in [-0.25, -0.2) is 8.42 Å². The summed E-state index contributed by atoms with van der Waals surface area (Å²) in [5, 5.41) is 11.3. The molecule has 0 saturated carbocycles. The Hall–Kier alpha value is -2.67. The molecular weight excluding hydrogens is 432 g/mol. The Labute approximate surface area is 197 Å². The van der Waals surface area contributed by atoms with Gasteiger partial charge in [-0.05, 0) is 60.1 Å². The Bertz CT molecular complexity index is 1040. The van der Waals surface area contributed by atoms with E-state index >= 15 is 0 Å². The topological polar surface area (TPSA) is 83.6 Å². The molecule has 0 unspecified atom stereocenters. The van der Waals surface area contributed by atoms with Crippen LogP contribution in [-0.4, -0.2) is 37.0 Å². The van der Waals surface area contributed by atoms with Crippen molar-refractivity contribution in [1.29, 1.82) is 0 Å². The molecule has 33 heavy (non-hydrogen) atoms. The minimum Gasteiger partial charge on any atom is -0.399 e. The molecule has 0 fully saturated rings. The summed E-state index contributed by atoms with van der Waals surface area (Å²) in [6.45, 7) is 4.31. The summed E-state index contributed by atoms with van der Waals surface area (Å²) < 4.78 is 28.3. The molecule has 0 amide bonds. The normalized spacial score (nSPS) is 13.0. The molecule has 0 bridgehead atoms. The third-order valence-corrected chi connectivity index (χ3v) is 7.55. The van der Waals surface area contributed by atoms with E-state index < -0.39 is 16.1 Å². The number of anilines is 1. The summed E-state index contributed by atoms with van der Waals surface area (Å²) in [5.74, 6) is -0.0199. The molecule has 0 aromatic heterocycles. The average molecular weight is 467 g/mol. The van der Waals surface area contributed by atoms with Crippen molar-refractivity contribution in [3.8, 4) is 0 Å². The molecule has 0 aliphatic carbocycles. The van der Waals surface area contributed by atoms with Crippen LogP contribution in [0, 0.1) is 11.8 Å². The van der Waals surface area contributed by atoms with E-state index in [4.69, 9.17) is 5.73 Å². The molecule has 0 radical (unpaired) electrons. The molecule has 0 aliphatic rings. The molecule has 176 valence electrons. The fraction of sp³-hybridized carbons (Fsp3) is 0.333. The van der Waals surface area contributed by atoms with Crippen LogP contribution < -0.4 is 5.73 Å². The number of benzene rings is 3. The fourth-order valence-corrected chi connectivity index (χ4v) is 5.62. The van der Waals surface area contributed by atoms with E-state index in [1.807, 2.05) is 74.5 Å². The van der Waals surface area contributed by atoms with Gasteiger partial charge in [0.25, 0.3) is 0 Å². The average Bonchev–Trinajstić information content (AvgIpc) is 2.79. The first kappa shape index (κ1) is 25.0. The first-order valence-corrected chi connectivity index (χ1v) is 12.8. The van der Waals surface area contributed by atoms with Gasteiger partial charge in [0.1, 0.15) is 0 Å². The number of aliphatic hydroxyl groups is 1. The fourth-order valence-electron chi connectivity index (χ4n) is 4.00. The summed E-state index contributed by atoms with van der Waals surface area (Å²) >= 11 is 0. The van der Waals surface area contributed by atoms with Crippen LogP contribution in [-0.2, 0) is 22.9 Å². The van der Waals surface area contributed by atoms with E-state index in [0.717, 1.165) is 11.1 Å². The Kier molecular flexibility index (Phi) is 8.67. The molecule has 0 heterocycles. The van der Waals surface area contributed by atoms with Crippen molar-refractivity contribution in [2.75, 3.05) is 18.8 Å². The number of nitrogen functional groups attached to an aromatic ring is 1. The highest BCUT2D eigenvalue weighted by molar-refractivity contribution is 7.89. The first-order chi connectivity index (χ1) is 15.8. The number of rotatable bonds is 11. The molecule has 3 aromatic rings. The Morgan fingerprint density at radius 2 is 1.27 bits per heavy atom. The Morgan fingerprint density at radius 3 is 1.73 bits per heavy atom. The second kappa shape index (κ2) is 11.5. The van der Waals surface area contributed by atoms with E-state index in [1.165, 1.54) is 16.4 Å². The molecule has 0 saturated heterocycles. The van der Waals surface area contributed by atoms with Gasteiger partial charge < -0.3 is 10.8 Å².